The summed E-state index contributed by atoms with van der Waals surface area (Å²) in [5, 5.41) is 0. The van der Waals surface area contributed by atoms with Crippen molar-refractivity contribution >= 4 is 39.4 Å². The predicted molar refractivity (Wildman–Crippen MR) is 91.6 cm³/mol. The Morgan fingerprint density at radius 1 is 1.19 bits per heavy atom. The van der Waals surface area contributed by atoms with E-state index in [2.05, 4.69) is 44.6 Å². The smallest absolute Gasteiger partial charge is 0.148 e. The second kappa shape index (κ2) is 5.35. The number of hydrogen-bond acceptors (Lipinski definition) is 4. The number of benzene rings is 1. The third-order valence-corrected chi connectivity index (χ3v) is 5.25. The molecule has 0 unspecified atom stereocenters. The highest BCUT2D eigenvalue weighted by molar-refractivity contribution is 14.1. The van der Waals surface area contributed by atoms with Crippen LogP contribution < -0.4 is 4.90 Å². The molecule has 1 saturated heterocycles. The van der Waals surface area contributed by atoms with Gasteiger partial charge in [0.15, 0.2) is 0 Å². The highest BCUT2D eigenvalue weighted by atomic mass is 127. The van der Waals surface area contributed by atoms with E-state index in [4.69, 9.17) is 9.72 Å². The molecule has 0 radical (unpaired) electrons. The SMILES string of the molecule is Ic1ccc2ncc(N3CCOC4(CCCC4)C3)nc2c1. The molecule has 2 fully saturated rings. The highest BCUT2D eigenvalue weighted by Crippen LogP contribution is 2.36. The van der Waals surface area contributed by atoms with Gasteiger partial charge in [-0.15, -0.1) is 0 Å². The van der Waals surface area contributed by atoms with Crippen molar-refractivity contribution in [2.24, 2.45) is 0 Å². The van der Waals surface area contributed by atoms with Gasteiger partial charge in [-0.25, -0.2) is 4.98 Å². The minimum absolute atomic E-state index is 0.0694. The molecule has 5 heteroatoms. The molecular weight excluding hydrogens is 377 g/mol. The molecule has 1 spiro atoms. The molecule has 2 aromatic rings. The quantitative estimate of drug-likeness (QED) is 0.694. The van der Waals surface area contributed by atoms with Crippen LogP contribution in [0.25, 0.3) is 11.0 Å². The Balaban J connectivity index is 1.66. The van der Waals surface area contributed by atoms with Crippen molar-refractivity contribution in [1.29, 1.82) is 0 Å². The normalized spacial score (nSPS) is 21.3. The number of morpholine rings is 1. The van der Waals surface area contributed by atoms with Gasteiger partial charge in [0, 0.05) is 16.7 Å². The fraction of sp³-hybridized carbons (Fsp3) is 0.500. The van der Waals surface area contributed by atoms with Crippen LogP contribution in [0, 0.1) is 3.57 Å². The summed E-state index contributed by atoms with van der Waals surface area (Å²) in [4.78, 5) is 11.7. The lowest BCUT2D eigenvalue weighted by Crippen LogP contribution is -2.50. The largest absolute Gasteiger partial charge is 0.371 e. The average Bonchev–Trinajstić information content (AvgIpc) is 2.94. The average molecular weight is 395 g/mol. The van der Waals surface area contributed by atoms with Gasteiger partial charge in [-0.05, 0) is 53.6 Å². The molecule has 1 aliphatic heterocycles. The zero-order chi connectivity index (χ0) is 14.3. The fourth-order valence-electron chi connectivity index (χ4n) is 3.49. The molecule has 1 aromatic carbocycles. The minimum atomic E-state index is 0.0694. The molecule has 4 rings (SSSR count). The van der Waals surface area contributed by atoms with Crippen molar-refractivity contribution in [2.45, 2.75) is 31.3 Å². The monoisotopic (exact) mass is 395 g/mol. The number of nitrogens with zero attached hydrogens (tertiary/aromatic N) is 3. The number of rotatable bonds is 1. The van der Waals surface area contributed by atoms with E-state index in [-0.39, 0.29) is 5.60 Å². The highest BCUT2D eigenvalue weighted by Gasteiger charge is 2.39. The molecular formula is C16H18IN3O. The van der Waals surface area contributed by atoms with E-state index in [0.717, 1.165) is 36.5 Å². The lowest BCUT2D eigenvalue weighted by atomic mass is 10.00. The standard InChI is InChI=1S/C16H18IN3O/c17-12-3-4-13-14(9-12)19-15(10-18-13)20-7-8-21-16(11-20)5-1-2-6-16/h3-4,9-10H,1-2,5-8,11H2. The lowest BCUT2D eigenvalue weighted by molar-refractivity contribution is -0.0503. The summed E-state index contributed by atoms with van der Waals surface area (Å²) in [5.41, 5.74) is 2.01. The van der Waals surface area contributed by atoms with E-state index in [1.807, 2.05) is 12.3 Å². The molecule has 21 heavy (non-hydrogen) atoms. The summed E-state index contributed by atoms with van der Waals surface area (Å²) in [7, 11) is 0. The molecule has 2 heterocycles. The van der Waals surface area contributed by atoms with E-state index < -0.39 is 0 Å². The summed E-state index contributed by atoms with van der Waals surface area (Å²) in [5.74, 6) is 0.985. The molecule has 1 aliphatic carbocycles. The van der Waals surface area contributed by atoms with Crippen molar-refractivity contribution in [2.75, 3.05) is 24.6 Å². The topological polar surface area (TPSA) is 38.2 Å². The Morgan fingerprint density at radius 2 is 2.05 bits per heavy atom. The molecule has 0 atom stereocenters. The van der Waals surface area contributed by atoms with Crippen LogP contribution in [0.5, 0.6) is 0 Å². The van der Waals surface area contributed by atoms with Crippen LogP contribution in [0.3, 0.4) is 0 Å². The van der Waals surface area contributed by atoms with E-state index in [0.29, 0.717) is 0 Å². The van der Waals surface area contributed by atoms with Crippen molar-refractivity contribution < 1.29 is 4.74 Å². The van der Waals surface area contributed by atoms with Gasteiger partial charge >= 0.3 is 0 Å². The first-order valence-electron chi connectivity index (χ1n) is 7.55. The van der Waals surface area contributed by atoms with Gasteiger partial charge in [-0.2, -0.15) is 0 Å². The second-order valence-electron chi connectivity index (χ2n) is 6.02. The van der Waals surface area contributed by atoms with Crippen LogP contribution in [0.2, 0.25) is 0 Å². The first kappa shape index (κ1) is 13.7. The third kappa shape index (κ3) is 2.61. The summed E-state index contributed by atoms with van der Waals surface area (Å²) in [6.45, 7) is 2.66. The number of anilines is 1. The van der Waals surface area contributed by atoms with Crippen LogP contribution in [-0.4, -0.2) is 35.3 Å². The molecule has 4 nitrogen and oxygen atoms in total. The van der Waals surface area contributed by atoms with Gasteiger partial charge < -0.3 is 9.64 Å². The van der Waals surface area contributed by atoms with Crippen molar-refractivity contribution in [3.05, 3.63) is 28.0 Å². The van der Waals surface area contributed by atoms with Gasteiger partial charge in [0.2, 0.25) is 0 Å². The fourth-order valence-corrected chi connectivity index (χ4v) is 3.96. The van der Waals surface area contributed by atoms with Crippen molar-refractivity contribution in [3.63, 3.8) is 0 Å². The van der Waals surface area contributed by atoms with Crippen LogP contribution in [0.15, 0.2) is 24.4 Å². The van der Waals surface area contributed by atoms with Gasteiger partial charge in [-0.1, -0.05) is 12.8 Å². The Morgan fingerprint density at radius 3 is 2.90 bits per heavy atom. The van der Waals surface area contributed by atoms with Crippen LogP contribution in [0.4, 0.5) is 5.82 Å². The number of ether oxygens (including phenoxy) is 1. The third-order valence-electron chi connectivity index (χ3n) is 4.58. The lowest BCUT2D eigenvalue weighted by Gasteiger charge is -2.41. The number of fused-ring (bicyclic) bond motifs is 1. The van der Waals surface area contributed by atoms with E-state index in [9.17, 15) is 0 Å². The Labute approximate surface area is 138 Å². The van der Waals surface area contributed by atoms with Gasteiger partial charge in [0.25, 0.3) is 0 Å². The number of hydrogen-bond donors (Lipinski definition) is 0. The minimum Gasteiger partial charge on any atom is -0.371 e. The molecule has 0 amide bonds. The molecule has 0 bridgehead atoms. The maximum Gasteiger partial charge on any atom is 0.148 e. The van der Waals surface area contributed by atoms with E-state index in [1.54, 1.807) is 0 Å². The van der Waals surface area contributed by atoms with Crippen LogP contribution >= 0.6 is 22.6 Å². The Kier molecular flexibility index (Phi) is 3.49. The van der Waals surface area contributed by atoms with Gasteiger partial charge in [0.1, 0.15) is 5.82 Å². The Hall–Kier alpha value is -0.950. The van der Waals surface area contributed by atoms with Crippen LogP contribution in [-0.2, 0) is 4.74 Å². The zero-order valence-corrected chi connectivity index (χ0v) is 14.0. The van der Waals surface area contributed by atoms with Gasteiger partial charge in [-0.3, -0.25) is 4.98 Å². The molecule has 0 N–H and O–H groups in total. The maximum absolute atomic E-state index is 6.09. The summed E-state index contributed by atoms with van der Waals surface area (Å²) in [6.07, 6.45) is 6.85. The molecule has 110 valence electrons. The number of aromatic nitrogens is 2. The summed E-state index contributed by atoms with van der Waals surface area (Å²) >= 11 is 2.32. The number of halogens is 1. The second-order valence-corrected chi connectivity index (χ2v) is 7.27. The van der Waals surface area contributed by atoms with Gasteiger partial charge in [0.05, 0.1) is 29.4 Å². The Bertz CT molecular complexity index is 670. The van der Waals surface area contributed by atoms with E-state index >= 15 is 0 Å². The predicted octanol–water partition coefficient (Wildman–Crippen LogP) is 3.38. The maximum atomic E-state index is 6.09. The first-order valence-corrected chi connectivity index (χ1v) is 8.63. The molecule has 1 aromatic heterocycles. The van der Waals surface area contributed by atoms with E-state index in [1.165, 1.54) is 29.3 Å². The molecule has 2 aliphatic rings. The summed E-state index contributed by atoms with van der Waals surface area (Å²) < 4.78 is 7.29. The zero-order valence-electron chi connectivity index (χ0n) is 11.9. The van der Waals surface area contributed by atoms with Crippen LogP contribution in [0.1, 0.15) is 25.7 Å². The van der Waals surface area contributed by atoms with Crippen molar-refractivity contribution in [1.82, 2.24) is 9.97 Å². The van der Waals surface area contributed by atoms with Crippen molar-refractivity contribution in [3.8, 4) is 0 Å². The molecule has 1 saturated carbocycles. The summed E-state index contributed by atoms with van der Waals surface area (Å²) in [6, 6.07) is 6.20. The first-order chi connectivity index (χ1) is 10.2.